The van der Waals surface area contributed by atoms with Gasteiger partial charge in [0.25, 0.3) is 0 Å². The average Bonchev–Trinajstić information content (AvgIpc) is 2.60. The number of aromatic nitrogens is 1. The highest BCUT2D eigenvalue weighted by Crippen LogP contribution is 2.32. The summed E-state index contributed by atoms with van der Waals surface area (Å²) in [6.45, 7) is 2.30. The molecule has 3 N–H and O–H groups in total. The normalized spacial score (nSPS) is 11.0. The van der Waals surface area contributed by atoms with Crippen LogP contribution in [0.2, 0.25) is 0 Å². The molecule has 0 bridgehead atoms. The Bertz CT molecular complexity index is 805. The molecule has 0 saturated carbocycles. The first kappa shape index (κ1) is 15.5. The lowest BCUT2D eigenvalue weighted by Crippen LogP contribution is -2.25. The SMILES string of the molecule is COc1ccc2nc3ccccc3c(NCCNCCO)c2c1. The van der Waals surface area contributed by atoms with Gasteiger partial charge in [-0.2, -0.15) is 0 Å². The third kappa shape index (κ3) is 3.36. The third-order valence-corrected chi connectivity index (χ3v) is 3.78. The Labute approximate surface area is 135 Å². The number of hydrogen-bond acceptors (Lipinski definition) is 5. The minimum atomic E-state index is 0.151. The monoisotopic (exact) mass is 311 g/mol. The van der Waals surface area contributed by atoms with Crippen molar-refractivity contribution in [2.45, 2.75) is 0 Å². The summed E-state index contributed by atoms with van der Waals surface area (Å²) in [7, 11) is 1.67. The Morgan fingerprint density at radius 2 is 1.83 bits per heavy atom. The summed E-state index contributed by atoms with van der Waals surface area (Å²) in [6, 6.07) is 14.0. The van der Waals surface area contributed by atoms with Crippen LogP contribution in [0.15, 0.2) is 42.5 Å². The summed E-state index contributed by atoms with van der Waals surface area (Å²) in [5.74, 6) is 0.816. The largest absolute Gasteiger partial charge is 0.497 e. The highest BCUT2D eigenvalue weighted by Gasteiger charge is 2.09. The summed E-state index contributed by atoms with van der Waals surface area (Å²) in [5, 5.41) is 17.6. The molecule has 1 heterocycles. The minimum absolute atomic E-state index is 0.151. The number of para-hydroxylation sites is 1. The molecule has 0 atom stereocenters. The van der Waals surface area contributed by atoms with Crippen LogP contribution < -0.4 is 15.4 Å². The van der Waals surface area contributed by atoms with Crippen LogP contribution in [-0.2, 0) is 0 Å². The van der Waals surface area contributed by atoms with E-state index in [1.807, 2.05) is 36.4 Å². The molecule has 0 aliphatic rings. The van der Waals surface area contributed by atoms with Gasteiger partial charge in [0, 0.05) is 30.4 Å². The summed E-state index contributed by atoms with van der Waals surface area (Å²) in [6.07, 6.45) is 0. The highest BCUT2D eigenvalue weighted by molar-refractivity contribution is 6.07. The van der Waals surface area contributed by atoms with Crippen molar-refractivity contribution >= 4 is 27.5 Å². The van der Waals surface area contributed by atoms with E-state index >= 15 is 0 Å². The number of anilines is 1. The number of fused-ring (bicyclic) bond motifs is 2. The molecule has 0 fully saturated rings. The van der Waals surface area contributed by atoms with Crippen LogP contribution >= 0.6 is 0 Å². The number of aliphatic hydroxyl groups is 1. The molecule has 3 aromatic rings. The standard InChI is InChI=1S/C18H21N3O2/c1-23-13-6-7-17-15(12-13)18(20-9-8-19-10-11-22)14-4-2-3-5-16(14)21-17/h2-7,12,19,22H,8-11H2,1H3,(H,20,21). The van der Waals surface area contributed by atoms with E-state index in [9.17, 15) is 0 Å². The number of hydrogen-bond donors (Lipinski definition) is 3. The number of aliphatic hydroxyl groups excluding tert-OH is 1. The molecule has 2 aromatic carbocycles. The van der Waals surface area contributed by atoms with E-state index in [0.717, 1.165) is 46.3 Å². The number of benzene rings is 2. The van der Waals surface area contributed by atoms with Crippen molar-refractivity contribution in [2.24, 2.45) is 0 Å². The molecule has 0 amide bonds. The number of ether oxygens (including phenoxy) is 1. The van der Waals surface area contributed by atoms with Crippen LogP contribution in [0.3, 0.4) is 0 Å². The Morgan fingerprint density at radius 3 is 2.65 bits per heavy atom. The lowest BCUT2D eigenvalue weighted by atomic mass is 10.1. The van der Waals surface area contributed by atoms with Crippen LogP contribution in [-0.4, -0.2) is 43.4 Å². The molecule has 1 aromatic heterocycles. The molecule has 0 radical (unpaired) electrons. The fourth-order valence-electron chi connectivity index (χ4n) is 2.67. The third-order valence-electron chi connectivity index (χ3n) is 3.78. The molecule has 5 heteroatoms. The van der Waals surface area contributed by atoms with Crippen LogP contribution in [0.4, 0.5) is 5.69 Å². The maximum absolute atomic E-state index is 8.82. The van der Waals surface area contributed by atoms with Crippen LogP contribution in [0, 0.1) is 0 Å². The van der Waals surface area contributed by atoms with Crippen molar-refractivity contribution in [1.29, 1.82) is 0 Å². The predicted molar refractivity (Wildman–Crippen MR) is 94.2 cm³/mol. The number of nitrogens with one attached hydrogen (secondary N) is 2. The molecule has 23 heavy (non-hydrogen) atoms. The topological polar surface area (TPSA) is 66.4 Å². The first-order valence-corrected chi connectivity index (χ1v) is 7.75. The molecule has 0 saturated heterocycles. The van der Waals surface area contributed by atoms with Gasteiger partial charge < -0.3 is 20.5 Å². The van der Waals surface area contributed by atoms with Crippen LogP contribution in [0.25, 0.3) is 21.8 Å². The van der Waals surface area contributed by atoms with Gasteiger partial charge >= 0.3 is 0 Å². The van der Waals surface area contributed by atoms with E-state index in [1.165, 1.54) is 0 Å². The Balaban J connectivity index is 2.01. The van der Waals surface area contributed by atoms with E-state index in [2.05, 4.69) is 16.7 Å². The zero-order valence-electron chi connectivity index (χ0n) is 13.2. The molecule has 5 nitrogen and oxygen atoms in total. The molecule has 0 aliphatic heterocycles. The molecule has 0 spiro atoms. The highest BCUT2D eigenvalue weighted by atomic mass is 16.5. The Hall–Kier alpha value is -2.37. The van der Waals surface area contributed by atoms with Crippen molar-refractivity contribution in [2.75, 3.05) is 38.7 Å². The zero-order valence-corrected chi connectivity index (χ0v) is 13.2. The van der Waals surface area contributed by atoms with Crippen molar-refractivity contribution in [3.05, 3.63) is 42.5 Å². The van der Waals surface area contributed by atoms with Crippen LogP contribution in [0.1, 0.15) is 0 Å². The number of nitrogens with zero attached hydrogens (tertiary/aromatic N) is 1. The van der Waals surface area contributed by atoms with Gasteiger partial charge in [0.2, 0.25) is 0 Å². The second-order valence-electron chi connectivity index (χ2n) is 5.29. The lowest BCUT2D eigenvalue weighted by molar-refractivity contribution is 0.293. The summed E-state index contributed by atoms with van der Waals surface area (Å²) < 4.78 is 5.35. The molecule has 120 valence electrons. The van der Waals surface area contributed by atoms with Crippen molar-refractivity contribution in [3.8, 4) is 5.75 Å². The van der Waals surface area contributed by atoms with E-state index < -0.39 is 0 Å². The second kappa shape index (κ2) is 7.26. The molecule has 0 unspecified atom stereocenters. The van der Waals surface area contributed by atoms with E-state index in [1.54, 1.807) is 7.11 Å². The smallest absolute Gasteiger partial charge is 0.119 e. The Kier molecular flexibility index (Phi) is 4.90. The number of methoxy groups -OCH3 is 1. The van der Waals surface area contributed by atoms with Gasteiger partial charge in [0.1, 0.15) is 5.75 Å². The van der Waals surface area contributed by atoms with E-state index in [-0.39, 0.29) is 6.61 Å². The molecule has 0 aliphatic carbocycles. The predicted octanol–water partition coefficient (Wildman–Crippen LogP) is 2.39. The average molecular weight is 311 g/mol. The number of rotatable bonds is 7. The molecular weight excluding hydrogens is 290 g/mol. The lowest BCUT2D eigenvalue weighted by Gasteiger charge is -2.14. The van der Waals surface area contributed by atoms with Gasteiger partial charge in [-0.1, -0.05) is 18.2 Å². The summed E-state index contributed by atoms with van der Waals surface area (Å²) in [4.78, 5) is 4.73. The maximum Gasteiger partial charge on any atom is 0.119 e. The zero-order chi connectivity index (χ0) is 16.1. The fourth-order valence-corrected chi connectivity index (χ4v) is 2.67. The van der Waals surface area contributed by atoms with Crippen molar-refractivity contribution in [1.82, 2.24) is 10.3 Å². The minimum Gasteiger partial charge on any atom is -0.497 e. The Morgan fingerprint density at radius 1 is 1.00 bits per heavy atom. The summed E-state index contributed by atoms with van der Waals surface area (Å²) >= 11 is 0. The second-order valence-corrected chi connectivity index (χ2v) is 5.29. The van der Waals surface area contributed by atoms with Crippen molar-refractivity contribution < 1.29 is 9.84 Å². The van der Waals surface area contributed by atoms with Gasteiger partial charge in [-0.05, 0) is 24.3 Å². The van der Waals surface area contributed by atoms with Gasteiger partial charge in [0.05, 0.1) is 30.4 Å². The fraction of sp³-hybridized carbons (Fsp3) is 0.278. The number of pyridine rings is 1. The molecule has 3 rings (SSSR count). The quantitative estimate of drug-likeness (QED) is 0.462. The summed E-state index contributed by atoms with van der Waals surface area (Å²) in [5.41, 5.74) is 2.97. The van der Waals surface area contributed by atoms with Gasteiger partial charge in [0.15, 0.2) is 0 Å². The van der Waals surface area contributed by atoms with Gasteiger partial charge in [-0.3, -0.25) is 0 Å². The van der Waals surface area contributed by atoms with Gasteiger partial charge in [-0.25, -0.2) is 4.98 Å². The maximum atomic E-state index is 8.82. The first-order chi connectivity index (χ1) is 11.3. The van der Waals surface area contributed by atoms with Gasteiger partial charge in [-0.15, -0.1) is 0 Å². The first-order valence-electron chi connectivity index (χ1n) is 7.75. The van der Waals surface area contributed by atoms with Crippen molar-refractivity contribution in [3.63, 3.8) is 0 Å². The van der Waals surface area contributed by atoms with E-state index in [4.69, 9.17) is 14.8 Å². The van der Waals surface area contributed by atoms with Crippen LogP contribution in [0.5, 0.6) is 5.75 Å². The van der Waals surface area contributed by atoms with E-state index in [0.29, 0.717) is 6.54 Å². The molecular formula is C18H21N3O2.